The molecule has 0 bridgehead atoms. The van der Waals surface area contributed by atoms with E-state index in [4.69, 9.17) is 0 Å². The third-order valence-corrected chi connectivity index (χ3v) is 5.29. The van der Waals surface area contributed by atoms with Crippen LogP contribution >= 0.6 is 0 Å². The van der Waals surface area contributed by atoms with Crippen molar-refractivity contribution in [3.05, 3.63) is 29.5 Å². The highest BCUT2D eigenvalue weighted by Crippen LogP contribution is 2.19. The fourth-order valence-corrected chi connectivity index (χ4v) is 3.49. The van der Waals surface area contributed by atoms with E-state index in [-0.39, 0.29) is 0 Å². The predicted molar refractivity (Wildman–Crippen MR) is 108 cm³/mol. The number of hydrogen-bond acceptors (Lipinski definition) is 8. The van der Waals surface area contributed by atoms with Gasteiger partial charge in [-0.3, -0.25) is 5.32 Å². The summed E-state index contributed by atoms with van der Waals surface area (Å²) in [6.07, 6.45) is 1.01. The zero-order valence-electron chi connectivity index (χ0n) is 16.4. The molecule has 0 amide bonds. The highest BCUT2D eigenvalue weighted by molar-refractivity contribution is 5.93. The van der Waals surface area contributed by atoms with Gasteiger partial charge in [0.2, 0.25) is 11.9 Å². The summed E-state index contributed by atoms with van der Waals surface area (Å²) in [4.78, 5) is 16.2. The molecule has 0 spiro atoms. The zero-order valence-corrected chi connectivity index (χ0v) is 16.4. The van der Waals surface area contributed by atoms with Crippen LogP contribution in [0.3, 0.4) is 0 Å². The number of rotatable bonds is 3. The van der Waals surface area contributed by atoms with E-state index in [0.29, 0.717) is 12.6 Å². The second-order valence-corrected chi connectivity index (χ2v) is 7.21. The molecule has 0 aliphatic carbocycles. The lowest BCUT2D eigenvalue weighted by Crippen LogP contribution is -2.58. The molecule has 1 aromatic carbocycles. The maximum absolute atomic E-state index is 4.65. The Kier molecular flexibility index (Phi) is 5.20. The normalized spacial score (nSPS) is 19.7. The smallest absolute Gasteiger partial charge is 0.230 e. The number of anilines is 1. The number of likely N-dealkylation sites (N-methyl/N-ethyl adjacent to an activating group) is 1. The SMILES string of the molecule is CCc1ccc2nc(NC3=NCN(N4CCN(C)CC4)CN3)nc(C)c2c1. The molecule has 0 saturated carbocycles. The molecule has 2 aliphatic rings. The monoisotopic (exact) mass is 368 g/mol. The molecule has 27 heavy (non-hydrogen) atoms. The molecule has 144 valence electrons. The minimum absolute atomic E-state index is 0.587. The molecule has 8 nitrogen and oxygen atoms in total. The van der Waals surface area contributed by atoms with Gasteiger partial charge in [0.1, 0.15) is 6.67 Å². The number of fused-ring (bicyclic) bond motifs is 1. The van der Waals surface area contributed by atoms with Crippen LogP contribution in [0.25, 0.3) is 10.9 Å². The first-order chi connectivity index (χ1) is 13.1. The van der Waals surface area contributed by atoms with E-state index in [1.807, 2.05) is 6.92 Å². The minimum atomic E-state index is 0.587. The third-order valence-electron chi connectivity index (χ3n) is 5.29. The molecule has 1 saturated heterocycles. The molecule has 3 heterocycles. The molecule has 0 radical (unpaired) electrons. The van der Waals surface area contributed by atoms with Crippen molar-refractivity contribution < 1.29 is 0 Å². The van der Waals surface area contributed by atoms with E-state index in [0.717, 1.165) is 61.8 Å². The second kappa shape index (κ2) is 7.75. The fraction of sp³-hybridized carbons (Fsp3) is 0.526. The van der Waals surface area contributed by atoms with E-state index in [2.05, 4.69) is 72.7 Å². The van der Waals surface area contributed by atoms with Crippen LogP contribution in [0.5, 0.6) is 0 Å². The van der Waals surface area contributed by atoms with Crippen molar-refractivity contribution in [1.29, 1.82) is 0 Å². The van der Waals surface area contributed by atoms with Gasteiger partial charge in [-0.25, -0.2) is 25.0 Å². The maximum atomic E-state index is 4.65. The largest absolute Gasteiger partial charge is 0.342 e. The van der Waals surface area contributed by atoms with Gasteiger partial charge in [0, 0.05) is 31.6 Å². The molecular weight excluding hydrogens is 340 g/mol. The number of guanidine groups is 1. The Morgan fingerprint density at radius 2 is 1.93 bits per heavy atom. The van der Waals surface area contributed by atoms with E-state index in [9.17, 15) is 0 Å². The summed E-state index contributed by atoms with van der Waals surface area (Å²) >= 11 is 0. The zero-order chi connectivity index (χ0) is 18.8. The van der Waals surface area contributed by atoms with Gasteiger partial charge in [0.05, 0.1) is 17.9 Å². The summed E-state index contributed by atoms with van der Waals surface area (Å²) in [5.41, 5.74) is 3.24. The summed E-state index contributed by atoms with van der Waals surface area (Å²) in [7, 11) is 2.17. The summed E-state index contributed by atoms with van der Waals surface area (Å²) < 4.78 is 0. The van der Waals surface area contributed by atoms with Crippen LogP contribution in [-0.4, -0.2) is 77.4 Å². The van der Waals surface area contributed by atoms with E-state index >= 15 is 0 Å². The summed E-state index contributed by atoms with van der Waals surface area (Å²) in [5.74, 6) is 1.31. The van der Waals surface area contributed by atoms with Crippen molar-refractivity contribution >= 4 is 22.8 Å². The molecule has 2 aromatic rings. The van der Waals surface area contributed by atoms with Gasteiger partial charge in [-0.15, -0.1) is 0 Å². The second-order valence-electron chi connectivity index (χ2n) is 7.21. The number of nitrogens with zero attached hydrogens (tertiary/aromatic N) is 6. The van der Waals surface area contributed by atoms with Crippen LogP contribution in [0.4, 0.5) is 5.95 Å². The van der Waals surface area contributed by atoms with Crippen LogP contribution in [0.1, 0.15) is 18.2 Å². The lowest BCUT2D eigenvalue weighted by molar-refractivity contribution is -0.0567. The van der Waals surface area contributed by atoms with Gasteiger partial charge in [-0.05, 0) is 38.1 Å². The molecular formula is C19H28N8. The van der Waals surface area contributed by atoms with E-state index < -0.39 is 0 Å². The summed E-state index contributed by atoms with van der Waals surface area (Å²) in [6, 6.07) is 6.38. The van der Waals surface area contributed by atoms with Crippen LogP contribution in [-0.2, 0) is 6.42 Å². The van der Waals surface area contributed by atoms with Crippen LogP contribution < -0.4 is 10.6 Å². The van der Waals surface area contributed by atoms with Crippen molar-refractivity contribution in [2.24, 2.45) is 4.99 Å². The molecule has 2 aliphatic heterocycles. The van der Waals surface area contributed by atoms with Gasteiger partial charge in [-0.2, -0.15) is 0 Å². The number of piperazine rings is 1. The Morgan fingerprint density at radius 1 is 1.11 bits per heavy atom. The lowest BCUT2D eigenvalue weighted by atomic mass is 10.1. The number of aryl methyl sites for hydroxylation is 2. The molecule has 0 unspecified atom stereocenters. The number of aliphatic imine (C=N–C) groups is 1. The molecule has 2 N–H and O–H groups in total. The van der Waals surface area contributed by atoms with Crippen molar-refractivity contribution in [3.63, 3.8) is 0 Å². The minimum Gasteiger partial charge on any atom is -0.342 e. The van der Waals surface area contributed by atoms with Gasteiger partial charge in [0.15, 0.2) is 0 Å². The van der Waals surface area contributed by atoms with Crippen molar-refractivity contribution in [3.8, 4) is 0 Å². The lowest BCUT2D eigenvalue weighted by Gasteiger charge is -2.40. The summed E-state index contributed by atoms with van der Waals surface area (Å²) in [5, 5.41) is 12.3. The fourth-order valence-electron chi connectivity index (χ4n) is 3.49. The standard InChI is InChI=1S/C19H28N8/c1-4-15-5-6-17-16(11-15)14(2)22-19(23-17)24-18-20-12-27(13-21-18)26-9-7-25(3)8-10-26/h5-6,11H,4,7-10,12-13H2,1-3H3,(H2,20,21,22,23,24). The quantitative estimate of drug-likeness (QED) is 0.845. The van der Waals surface area contributed by atoms with E-state index in [1.54, 1.807) is 0 Å². The average molecular weight is 368 g/mol. The van der Waals surface area contributed by atoms with Crippen LogP contribution in [0.2, 0.25) is 0 Å². The molecule has 1 aromatic heterocycles. The van der Waals surface area contributed by atoms with Crippen molar-refractivity contribution in [1.82, 2.24) is 30.2 Å². The number of hydrazine groups is 1. The molecule has 0 atom stereocenters. The number of benzene rings is 1. The van der Waals surface area contributed by atoms with Crippen molar-refractivity contribution in [2.75, 3.05) is 51.9 Å². The first-order valence-electron chi connectivity index (χ1n) is 9.63. The van der Waals surface area contributed by atoms with Gasteiger partial charge < -0.3 is 10.2 Å². The van der Waals surface area contributed by atoms with Crippen LogP contribution in [0.15, 0.2) is 23.2 Å². The Bertz CT molecular complexity index is 841. The number of aromatic nitrogens is 2. The first-order valence-corrected chi connectivity index (χ1v) is 9.63. The number of nitrogens with one attached hydrogen (secondary N) is 2. The number of hydrogen-bond donors (Lipinski definition) is 2. The van der Waals surface area contributed by atoms with Crippen LogP contribution in [0, 0.1) is 6.92 Å². The molecule has 8 heteroatoms. The Labute approximate surface area is 160 Å². The maximum Gasteiger partial charge on any atom is 0.230 e. The third kappa shape index (κ3) is 4.02. The van der Waals surface area contributed by atoms with Gasteiger partial charge >= 0.3 is 0 Å². The Balaban J connectivity index is 1.43. The average Bonchev–Trinajstić information content (AvgIpc) is 2.69. The highest BCUT2D eigenvalue weighted by atomic mass is 15.7. The Morgan fingerprint density at radius 3 is 2.63 bits per heavy atom. The first kappa shape index (κ1) is 18.1. The predicted octanol–water partition coefficient (Wildman–Crippen LogP) is 1.25. The molecule has 4 rings (SSSR count). The molecule has 1 fully saturated rings. The summed E-state index contributed by atoms with van der Waals surface area (Å²) in [6.45, 7) is 9.84. The van der Waals surface area contributed by atoms with Gasteiger partial charge in [-0.1, -0.05) is 13.0 Å². The van der Waals surface area contributed by atoms with Gasteiger partial charge in [0.25, 0.3) is 0 Å². The van der Waals surface area contributed by atoms with E-state index in [1.165, 1.54) is 5.56 Å². The van der Waals surface area contributed by atoms with Crippen molar-refractivity contribution in [2.45, 2.75) is 20.3 Å². The topological polar surface area (TPSA) is 71.9 Å². The Hall–Kier alpha value is -2.29. The highest BCUT2D eigenvalue weighted by Gasteiger charge is 2.22.